The van der Waals surface area contributed by atoms with Gasteiger partial charge in [0.1, 0.15) is 0 Å². The molecule has 0 aliphatic carbocycles. The van der Waals surface area contributed by atoms with Crippen molar-refractivity contribution in [2.75, 3.05) is 39.4 Å². The van der Waals surface area contributed by atoms with Crippen LogP contribution in [0.4, 0.5) is 0 Å². The predicted octanol–water partition coefficient (Wildman–Crippen LogP) is 1.24. The Labute approximate surface area is 112 Å². The van der Waals surface area contributed by atoms with Crippen LogP contribution in [-0.4, -0.2) is 61.5 Å². The predicted molar refractivity (Wildman–Crippen MR) is 74.9 cm³/mol. The summed E-state index contributed by atoms with van der Waals surface area (Å²) < 4.78 is 5.77. The van der Waals surface area contributed by atoms with Gasteiger partial charge in [-0.2, -0.15) is 0 Å². The first-order valence-electron chi connectivity index (χ1n) is 7.41. The van der Waals surface area contributed by atoms with Gasteiger partial charge in [0.15, 0.2) is 0 Å². The molecule has 0 bridgehead atoms. The number of hydrogen-bond acceptors (Lipinski definition) is 4. The van der Waals surface area contributed by atoms with Crippen LogP contribution in [0, 0.1) is 0 Å². The number of aliphatic hydroxyl groups is 1. The van der Waals surface area contributed by atoms with E-state index < -0.39 is 0 Å². The minimum Gasteiger partial charge on any atom is -0.396 e. The lowest BCUT2D eigenvalue weighted by atomic mass is 10.2. The van der Waals surface area contributed by atoms with Crippen LogP contribution in [-0.2, 0) is 4.74 Å². The van der Waals surface area contributed by atoms with Crippen LogP contribution in [0.3, 0.4) is 0 Å². The maximum Gasteiger partial charge on any atom is 0.0826 e. The molecule has 0 aromatic heterocycles. The number of hydrogen-bond donors (Lipinski definition) is 2. The fourth-order valence-electron chi connectivity index (χ4n) is 2.31. The van der Waals surface area contributed by atoms with E-state index in [0.717, 1.165) is 45.6 Å². The topological polar surface area (TPSA) is 44.7 Å². The Bertz CT molecular complexity index is 200. The van der Waals surface area contributed by atoms with E-state index in [0.29, 0.717) is 18.8 Å². The summed E-state index contributed by atoms with van der Waals surface area (Å²) in [5, 5.41) is 12.1. The lowest BCUT2D eigenvalue weighted by Gasteiger charge is -2.35. The number of aliphatic hydroxyl groups excluding tert-OH is 1. The van der Waals surface area contributed by atoms with Crippen molar-refractivity contribution in [1.29, 1.82) is 0 Å². The maximum atomic E-state index is 8.67. The van der Waals surface area contributed by atoms with Gasteiger partial charge < -0.3 is 15.2 Å². The average molecular weight is 258 g/mol. The molecule has 2 N–H and O–H groups in total. The molecule has 18 heavy (non-hydrogen) atoms. The molecule has 0 aromatic rings. The van der Waals surface area contributed by atoms with Gasteiger partial charge in [-0.05, 0) is 33.2 Å². The first-order chi connectivity index (χ1) is 8.74. The van der Waals surface area contributed by atoms with E-state index in [1.165, 1.54) is 12.8 Å². The van der Waals surface area contributed by atoms with Gasteiger partial charge in [0.2, 0.25) is 0 Å². The molecule has 0 saturated carbocycles. The standard InChI is InChI=1S/C14H30N2O2/c1-13(2)16-8-10-18-14(12-16)11-15-7-5-3-4-6-9-17/h13-15,17H,3-12H2,1-2H3. The summed E-state index contributed by atoms with van der Waals surface area (Å²) >= 11 is 0. The molecule has 1 heterocycles. The second-order valence-corrected chi connectivity index (χ2v) is 5.42. The molecular formula is C14H30N2O2. The molecule has 4 nitrogen and oxygen atoms in total. The van der Waals surface area contributed by atoms with Crippen molar-refractivity contribution in [1.82, 2.24) is 10.2 Å². The van der Waals surface area contributed by atoms with E-state index in [-0.39, 0.29) is 0 Å². The molecular weight excluding hydrogens is 228 g/mol. The highest BCUT2D eigenvalue weighted by molar-refractivity contribution is 4.75. The molecule has 1 fully saturated rings. The molecule has 1 aliphatic heterocycles. The number of morpholine rings is 1. The van der Waals surface area contributed by atoms with Crippen molar-refractivity contribution in [3.8, 4) is 0 Å². The molecule has 0 aromatic carbocycles. The van der Waals surface area contributed by atoms with Gasteiger partial charge in [-0.25, -0.2) is 0 Å². The van der Waals surface area contributed by atoms with Gasteiger partial charge in [-0.3, -0.25) is 4.90 Å². The Hall–Kier alpha value is -0.160. The van der Waals surface area contributed by atoms with Crippen molar-refractivity contribution in [3.63, 3.8) is 0 Å². The minimum atomic E-state index is 0.328. The SMILES string of the molecule is CC(C)N1CCOC(CNCCCCCCO)C1. The first kappa shape index (κ1) is 15.9. The monoisotopic (exact) mass is 258 g/mol. The van der Waals surface area contributed by atoms with Gasteiger partial charge in [0.25, 0.3) is 0 Å². The second-order valence-electron chi connectivity index (χ2n) is 5.42. The maximum absolute atomic E-state index is 8.67. The quantitative estimate of drug-likeness (QED) is 0.611. The third-order valence-electron chi connectivity index (χ3n) is 3.53. The van der Waals surface area contributed by atoms with E-state index in [1.54, 1.807) is 0 Å². The molecule has 1 aliphatic rings. The third-order valence-corrected chi connectivity index (χ3v) is 3.53. The molecule has 1 saturated heterocycles. The second kappa shape index (κ2) is 9.73. The van der Waals surface area contributed by atoms with E-state index in [2.05, 4.69) is 24.1 Å². The van der Waals surface area contributed by atoms with Gasteiger partial charge in [0, 0.05) is 32.3 Å². The summed E-state index contributed by atoms with van der Waals surface area (Å²) in [6, 6.07) is 0.620. The van der Waals surface area contributed by atoms with Crippen molar-refractivity contribution < 1.29 is 9.84 Å². The van der Waals surface area contributed by atoms with E-state index in [1.807, 2.05) is 0 Å². The number of ether oxygens (including phenoxy) is 1. The summed E-state index contributed by atoms with van der Waals surface area (Å²) in [4.78, 5) is 2.48. The van der Waals surface area contributed by atoms with Gasteiger partial charge in [0.05, 0.1) is 12.7 Å². The Morgan fingerprint density at radius 3 is 2.78 bits per heavy atom. The van der Waals surface area contributed by atoms with Crippen molar-refractivity contribution >= 4 is 0 Å². The summed E-state index contributed by atoms with van der Waals surface area (Å²) in [5.74, 6) is 0. The van der Waals surface area contributed by atoms with Crippen LogP contribution in [0.25, 0.3) is 0 Å². The van der Waals surface area contributed by atoms with E-state index in [4.69, 9.17) is 9.84 Å². The number of nitrogens with one attached hydrogen (secondary N) is 1. The average Bonchev–Trinajstić information content (AvgIpc) is 2.38. The molecule has 1 rings (SSSR count). The Balaban J connectivity index is 1.98. The summed E-state index contributed by atoms with van der Waals surface area (Å²) in [6.45, 7) is 9.82. The zero-order valence-corrected chi connectivity index (χ0v) is 12.0. The van der Waals surface area contributed by atoms with Crippen LogP contribution in [0.15, 0.2) is 0 Å². The molecule has 1 atom stereocenters. The highest BCUT2D eigenvalue weighted by atomic mass is 16.5. The highest BCUT2D eigenvalue weighted by Gasteiger charge is 2.21. The van der Waals surface area contributed by atoms with E-state index >= 15 is 0 Å². The summed E-state index contributed by atoms with van der Waals surface area (Å²) in [5.41, 5.74) is 0. The zero-order valence-electron chi connectivity index (χ0n) is 12.0. The molecule has 4 heteroatoms. The van der Waals surface area contributed by atoms with Crippen LogP contribution >= 0.6 is 0 Å². The van der Waals surface area contributed by atoms with Crippen LogP contribution < -0.4 is 5.32 Å². The minimum absolute atomic E-state index is 0.328. The van der Waals surface area contributed by atoms with Crippen molar-refractivity contribution in [3.05, 3.63) is 0 Å². The highest BCUT2D eigenvalue weighted by Crippen LogP contribution is 2.08. The fourth-order valence-corrected chi connectivity index (χ4v) is 2.31. The van der Waals surface area contributed by atoms with E-state index in [9.17, 15) is 0 Å². The summed E-state index contributed by atoms with van der Waals surface area (Å²) in [7, 11) is 0. The van der Waals surface area contributed by atoms with Crippen LogP contribution in [0.5, 0.6) is 0 Å². The largest absolute Gasteiger partial charge is 0.396 e. The normalized spacial score (nSPS) is 21.7. The Morgan fingerprint density at radius 1 is 1.28 bits per heavy atom. The Morgan fingerprint density at radius 2 is 2.06 bits per heavy atom. The zero-order chi connectivity index (χ0) is 13.2. The fraction of sp³-hybridized carbons (Fsp3) is 1.00. The van der Waals surface area contributed by atoms with Crippen molar-refractivity contribution in [2.45, 2.75) is 51.7 Å². The molecule has 0 spiro atoms. The molecule has 0 amide bonds. The molecule has 1 unspecified atom stereocenters. The third kappa shape index (κ3) is 6.69. The lowest BCUT2D eigenvalue weighted by Crippen LogP contribution is -2.49. The van der Waals surface area contributed by atoms with Gasteiger partial charge >= 0.3 is 0 Å². The van der Waals surface area contributed by atoms with Gasteiger partial charge in [-0.15, -0.1) is 0 Å². The smallest absolute Gasteiger partial charge is 0.0826 e. The van der Waals surface area contributed by atoms with Crippen molar-refractivity contribution in [2.24, 2.45) is 0 Å². The number of nitrogens with zero attached hydrogens (tertiary/aromatic N) is 1. The number of rotatable bonds is 9. The number of unbranched alkanes of at least 4 members (excludes halogenated alkanes) is 3. The van der Waals surface area contributed by atoms with Crippen LogP contribution in [0.1, 0.15) is 39.5 Å². The first-order valence-corrected chi connectivity index (χ1v) is 7.41. The molecule has 0 radical (unpaired) electrons. The van der Waals surface area contributed by atoms with Gasteiger partial charge in [-0.1, -0.05) is 12.8 Å². The summed E-state index contributed by atoms with van der Waals surface area (Å²) in [6.07, 6.45) is 4.82. The lowest BCUT2D eigenvalue weighted by molar-refractivity contribution is -0.0370. The van der Waals surface area contributed by atoms with Crippen LogP contribution in [0.2, 0.25) is 0 Å². The Kier molecular flexibility index (Phi) is 8.59. The molecule has 108 valence electrons.